The SMILES string of the molecule is C=C1C2CC3CC1CC(C(=O)OCC(C)(F)F)(C3)C2.CC(F)(F)COC(=O)C12CC3CC(C1)C(=O)C(C3)C2. The van der Waals surface area contributed by atoms with Gasteiger partial charge in [-0.15, -0.1) is 0 Å². The van der Waals surface area contributed by atoms with E-state index in [0.29, 0.717) is 42.9 Å². The monoisotopic (exact) mass is 542 g/mol. The lowest BCUT2D eigenvalue weighted by molar-refractivity contribution is -0.181. The fraction of sp³-hybridized carbons (Fsp3) is 0.828. The Bertz CT molecular complexity index is 895. The van der Waals surface area contributed by atoms with Crippen LogP contribution in [0, 0.1) is 46.3 Å². The predicted molar refractivity (Wildman–Crippen MR) is 129 cm³/mol. The van der Waals surface area contributed by atoms with Crippen LogP contribution in [-0.4, -0.2) is 42.8 Å². The molecule has 0 aliphatic heterocycles. The number of carbonyl (C=O) groups excluding carboxylic acids is 3. The lowest BCUT2D eigenvalue weighted by atomic mass is 9.48. The Hall–Kier alpha value is -1.93. The molecule has 0 N–H and O–H groups in total. The van der Waals surface area contributed by atoms with Crippen molar-refractivity contribution in [1.82, 2.24) is 0 Å². The Kier molecular flexibility index (Phi) is 6.78. The second-order valence-electron chi connectivity index (χ2n) is 13.5. The third-order valence-corrected chi connectivity index (χ3v) is 10.0. The number of Topliss-reactive ketones (excluding diaryl/α,β-unsaturated/α-hetero) is 1. The summed E-state index contributed by atoms with van der Waals surface area (Å²) in [5.74, 6) is -4.90. The van der Waals surface area contributed by atoms with Gasteiger partial charge in [0.15, 0.2) is 13.2 Å². The fourth-order valence-electron chi connectivity index (χ4n) is 8.82. The molecule has 8 aliphatic carbocycles. The number of alkyl halides is 4. The zero-order valence-corrected chi connectivity index (χ0v) is 22.2. The van der Waals surface area contributed by atoms with Gasteiger partial charge in [-0.3, -0.25) is 14.4 Å². The van der Waals surface area contributed by atoms with Gasteiger partial charge >= 0.3 is 11.9 Å². The van der Waals surface area contributed by atoms with Crippen molar-refractivity contribution in [2.24, 2.45) is 46.3 Å². The van der Waals surface area contributed by atoms with Gasteiger partial charge in [0.05, 0.1) is 10.8 Å². The summed E-state index contributed by atoms with van der Waals surface area (Å²) in [5.41, 5.74) is 0.124. The van der Waals surface area contributed by atoms with Crippen LogP contribution in [0.3, 0.4) is 0 Å². The third kappa shape index (κ3) is 5.27. The van der Waals surface area contributed by atoms with Gasteiger partial charge in [0, 0.05) is 25.7 Å². The number of halogens is 4. The van der Waals surface area contributed by atoms with E-state index in [9.17, 15) is 31.9 Å². The first kappa shape index (κ1) is 27.6. The van der Waals surface area contributed by atoms with Crippen LogP contribution in [-0.2, 0) is 23.9 Å². The molecule has 0 radical (unpaired) electrons. The van der Waals surface area contributed by atoms with E-state index in [1.807, 2.05) is 0 Å². The molecule has 4 unspecified atom stereocenters. The van der Waals surface area contributed by atoms with Crippen LogP contribution in [0.4, 0.5) is 17.6 Å². The first-order valence-electron chi connectivity index (χ1n) is 13.9. The lowest BCUT2D eigenvalue weighted by Crippen LogP contribution is -2.55. The standard InChI is InChI=1S/C15H20F2O2.C14H18F2O3/c1-9-11-3-10-4-12(9)7-15(5-10,6-11)13(18)19-8-14(2,16)17;1-13(15,16)7-19-12(18)14-4-8-2-9(5-14)11(17)10(3-8)6-14/h10-12H,1,3-8H2,2H3;8-10H,2-7H2,1H3. The second kappa shape index (κ2) is 9.33. The van der Waals surface area contributed by atoms with Crippen molar-refractivity contribution in [2.75, 3.05) is 13.2 Å². The van der Waals surface area contributed by atoms with E-state index < -0.39 is 47.8 Å². The van der Waals surface area contributed by atoms with Crippen molar-refractivity contribution in [2.45, 2.75) is 89.9 Å². The summed E-state index contributed by atoms with van der Waals surface area (Å²) in [7, 11) is 0. The number of allylic oxidation sites excluding steroid dienone is 1. The number of carbonyl (C=O) groups is 3. The molecule has 8 aliphatic rings. The van der Waals surface area contributed by atoms with Crippen molar-refractivity contribution >= 4 is 17.7 Å². The highest BCUT2D eigenvalue weighted by atomic mass is 19.3. The molecule has 4 atom stereocenters. The maximum atomic E-state index is 12.8. The minimum Gasteiger partial charge on any atom is -0.459 e. The number of rotatable bonds is 6. The third-order valence-electron chi connectivity index (χ3n) is 10.0. The van der Waals surface area contributed by atoms with Crippen LogP contribution in [0.1, 0.15) is 78.1 Å². The van der Waals surface area contributed by atoms with Gasteiger partial charge in [-0.05, 0) is 87.9 Å². The van der Waals surface area contributed by atoms with Crippen LogP contribution in [0.15, 0.2) is 12.2 Å². The molecule has 0 aromatic carbocycles. The van der Waals surface area contributed by atoms with E-state index in [4.69, 9.17) is 9.47 Å². The smallest absolute Gasteiger partial charge is 0.312 e. The van der Waals surface area contributed by atoms with Crippen LogP contribution >= 0.6 is 0 Å². The highest BCUT2D eigenvalue weighted by Crippen LogP contribution is 2.62. The minimum atomic E-state index is -2.99. The largest absolute Gasteiger partial charge is 0.459 e. The predicted octanol–water partition coefficient (Wildman–Crippen LogP) is 6.15. The molecular formula is C29H38F4O5. The summed E-state index contributed by atoms with van der Waals surface area (Å²) in [6.45, 7) is 4.02. The topological polar surface area (TPSA) is 69.7 Å². The highest BCUT2D eigenvalue weighted by molar-refractivity contribution is 5.89. The van der Waals surface area contributed by atoms with Gasteiger partial charge in [-0.1, -0.05) is 12.2 Å². The lowest BCUT2D eigenvalue weighted by Gasteiger charge is -2.56. The highest BCUT2D eigenvalue weighted by Gasteiger charge is 2.59. The van der Waals surface area contributed by atoms with Crippen molar-refractivity contribution in [3.05, 3.63) is 12.2 Å². The molecule has 5 nitrogen and oxygen atoms in total. The van der Waals surface area contributed by atoms with Gasteiger partial charge in [0.1, 0.15) is 5.78 Å². The summed E-state index contributed by atoms with van der Waals surface area (Å²) in [4.78, 5) is 36.4. The molecule has 38 heavy (non-hydrogen) atoms. The Balaban J connectivity index is 0.000000155. The average molecular weight is 543 g/mol. The Morgan fingerprint density at radius 3 is 1.45 bits per heavy atom. The summed E-state index contributed by atoms with van der Waals surface area (Å²) >= 11 is 0. The zero-order chi connectivity index (χ0) is 27.7. The molecule has 0 amide bonds. The van der Waals surface area contributed by atoms with Gasteiger partial charge in [0.2, 0.25) is 0 Å². The minimum absolute atomic E-state index is 0.0408. The van der Waals surface area contributed by atoms with E-state index in [1.54, 1.807) is 0 Å². The van der Waals surface area contributed by atoms with E-state index in [1.165, 1.54) is 5.57 Å². The number of ether oxygens (including phenoxy) is 2. The van der Waals surface area contributed by atoms with E-state index in [-0.39, 0.29) is 17.6 Å². The van der Waals surface area contributed by atoms with E-state index in [2.05, 4.69) is 6.58 Å². The number of hydrogen-bond donors (Lipinski definition) is 0. The van der Waals surface area contributed by atoms with Gasteiger partial charge in [0.25, 0.3) is 11.8 Å². The van der Waals surface area contributed by atoms with E-state index >= 15 is 0 Å². The second-order valence-corrected chi connectivity index (χ2v) is 13.5. The first-order chi connectivity index (χ1) is 17.6. The first-order valence-corrected chi connectivity index (χ1v) is 13.9. The number of ketones is 1. The average Bonchev–Trinajstić information content (AvgIpc) is 2.81. The van der Waals surface area contributed by atoms with Gasteiger partial charge in [-0.25, -0.2) is 17.6 Å². The van der Waals surface area contributed by atoms with Gasteiger partial charge in [-0.2, -0.15) is 0 Å². The van der Waals surface area contributed by atoms with Crippen LogP contribution in [0.5, 0.6) is 0 Å². The fourth-order valence-corrected chi connectivity index (χ4v) is 8.82. The molecule has 8 saturated carbocycles. The van der Waals surface area contributed by atoms with Gasteiger partial charge < -0.3 is 9.47 Å². The number of esters is 2. The summed E-state index contributed by atoms with van der Waals surface area (Å²) in [6, 6.07) is 0. The zero-order valence-electron chi connectivity index (χ0n) is 22.2. The molecule has 0 heterocycles. The maximum absolute atomic E-state index is 12.8. The molecule has 212 valence electrons. The van der Waals surface area contributed by atoms with Crippen molar-refractivity contribution in [3.63, 3.8) is 0 Å². The molecule has 8 bridgehead atoms. The Labute approximate surface area is 221 Å². The summed E-state index contributed by atoms with van der Waals surface area (Å²) < 4.78 is 61.0. The van der Waals surface area contributed by atoms with Crippen molar-refractivity contribution in [3.8, 4) is 0 Å². The normalized spacial score (nSPS) is 40.6. The molecule has 0 aromatic heterocycles. The summed E-state index contributed by atoms with van der Waals surface area (Å²) in [5, 5.41) is 0. The molecule has 0 saturated heterocycles. The maximum Gasteiger partial charge on any atom is 0.312 e. The molecular weight excluding hydrogens is 504 g/mol. The van der Waals surface area contributed by atoms with Crippen LogP contribution < -0.4 is 0 Å². The summed E-state index contributed by atoms with van der Waals surface area (Å²) in [6.07, 6.45) is 8.04. The molecule has 8 rings (SSSR count). The molecule has 9 heteroatoms. The molecule has 0 aromatic rings. The number of hydrogen-bond acceptors (Lipinski definition) is 5. The van der Waals surface area contributed by atoms with Crippen molar-refractivity contribution < 1.29 is 41.4 Å². The Morgan fingerprint density at radius 2 is 1.08 bits per heavy atom. The van der Waals surface area contributed by atoms with Crippen LogP contribution in [0.2, 0.25) is 0 Å². The molecule has 8 fully saturated rings. The quantitative estimate of drug-likeness (QED) is 0.229. The molecule has 0 spiro atoms. The van der Waals surface area contributed by atoms with Crippen LogP contribution in [0.25, 0.3) is 0 Å². The Morgan fingerprint density at radius 1 is 0.737 bits per heavy atom. The van der Waals surface area contributed by atoms with Crippen molar-refractivity contribution in [1.29, 1.82) is 0 Å². The van der Waals surface area contributed by atoms with E-state index in [0.717, 1.165) is 58.8 Å².